The Labute approximate surface area is 245 Å². The average Bonchev–Trinajstić information content (AvgIpc) is 3.20. The third kappa shape index (κ3) is 10.1. The number of ether oxygens (including phenoxy) is 1. The molecular formula is C23H38N3O12PS2. The first-order valence-electron chi connectivity index (χ1n) is 12.5. The lowest BCUT2D eigenvalue weighted by Crippen LogP contribution is -2.36. The topological polar surface area (TPSA) is 230 Å². The maximum atomic E-state index is 13.4. The third-order valence-electron chi connectivity index (χ3n) is 5.89. The second-order valence-electron chi connectivity index (χ2n) is 10.4. The molecule has 1 saturated heterocycles. The van der Waals surface area contributed by atoms with E-state index in [0.717, 1.165) is 28.1 Å². The fourth-order valence-corrected chi connectivity index (χ4v) is 6.12. The summed E-state index contributed by atoms with van der Waals surface area (Å²) in [6.07, 6.45) is -4.49. The molecule has 1 aromatic rings. The molecule has 0 saturated carbocycles. The molecule has 15 nitrogen and oxygen atoms in total. The fourth-order valence-electron chi connectivity index (χ4n) is 3.08. The highest BCUT2D eigenvalue weighted by molar-refractivity contribution is 8.14. The number of rotatable bonds is 16. The molecule has 4 atom stereocenters. The minimum atomic E-state index is -4.36. The normalized spacial score (nSPS) is 21.8. The molecule has 1 aliphatic rings. The molecule has 234 valence electrons. The van der Waals surface area contributed by atoms with Crippen molar-refractivity contribution in [3.63, 3.8) is 0 Å². The van der Waals surface area contributed by atoms with Crippen LogP contribution in [0.3, 0.4) is 0 Å². The van der Waals surface area contributed by atoms with Gasteiger partial charge in [-0.25, -0.2) is 9.36 Å². The monoisotopic (exact) mass is 643 g/mol. The number of aliphatic hydroxyl groups excluding tert-OH is 4. The van der Waals surface area contributed by atoms with Crippen LogP contribution in [0, 0.1) is 10.8 Å². The van der Waals surface area contributed by atoms with Crippen molar-refractivity contribution in [3.8, 4) is 0 Å². The number of anilines is 1. The van der Waals surface area contributed by atoms with Crippen LogP contribution in [0.4, 0.5) is 5.82 Å². The number of aliphatic hydroxyl groups is 4. The molecule has 1 aromatic heterocycles. The summed E-state index contributed by atoms with van der Waals surface area (Å²) in [5, 5.41) is 39.0. The van der Waals surface area contributed by atoms with E-state index in [1.165, 1.54) is 12.3 Å². The zero-order chi connectivity index (χ0) is 31.0. The Morgan fingerprint density at radius 1 is 1.02 bits per heavy atom. The van der Waals surface area contributed by atoms with Crippen LogP contribution in [0.1, 0.15) is 33.9 Å². The second kappa shape index (κ2) is 15.4. The number of aromatic nitrogens is 2. The van der Waals surface area contributed by atoms with E-state index in [-0.39, 0.29) is 54.0 Å². The van der Waals surface area contributed by atoms with E-state index in [4.69, 9.17) is 24.0 Å². The Morgan fingerprint density at radius 3 is 2.00 bits per heavy atom. The highest BCUT2D eigenvalue weighted by atomic mass is 32.2. The van der Waals surface area contributed by atoms with E-state index < -0.39 is 55.5 Å². The number of hydrogen-bond acceptors (Lipinski definition) is 16. The van der Waals surface area contributed by atoms with Crippen molar-refractivity contribution in [2.75, 3.05) is 50.3 Å². The molecular weight excluding hydrogens is 605 g/mol. The van der Waals surface area contributed by atoms with E-state index in [2.05, 4.69) is 4.98 Å². The summed E-state index contributed by atoms with van der Waals surface area (Å²) in [6, 6.07) is 1.30. The first-order valence-corrected chi connectivity index (χ1v) is 16.0. The van der Waals surface area contributed by atoms with Crippen LogP contribution < -0.4 is 11.4 Å². The Morgan fingerprint density at radius 2 is 1.54 bits per heavy atom. The van der Waals surface area contributed by atoms with Crippen molar-refractivity contribution < 1.29 is 52.9 Å². The van der Waals surface area contributed by atoms with Gasteiger partial charge in [-0.1, -0.05) is 23.5 Å². The van der Waals surface area contributed by atoms with Crippen LogP contribution in [-0.4, -0.2) is 103 Å². The smallest absolute Gasteiger partial charge is 0.395 e. The molecule has 0 radical (unpaired) electrons. The van der Waals surface area contributed by atoms with Gasteiger partial charge in [0.05, 0.1) is 43.9 Å². The number of nitrogens with zero attached hydrogens (tertiary/aromatic N) is 2. The van der Waals surface area contributed by atoms with Crippen molar-refractivity contribution in [2.24, 2.45) is 10.8 Å². The second-order valence-corrected chi connectivity index (χ2v) is 14.2. The van der Waals surface area contributed by atoms with Crippen molar-refractivity contribution >= 4 is 47.4 Å². The van der Waals surface area contributed by atoms with Crippen LogP contribution in [0.2, 0.25) is 0 Å². The molecule has 2 heterocycles. The SMILES string of the molecule is CC(C)(CO)C(=O)SCCOP(=O)(OCCSC(=O)C(C)(C)CO)OC[C@H]1O[C@H](n2ccc(N)nc2=O)[C@H](O)C1O. The molecule has 0 amide bonds. The predicted molar refractivity (Wildman–Crippen MR) is 151 cm³/mol. The van der Waals surface area contributed by atoms with Gasteiger partial charge in [-0.05, 0) is 33.8 Å². The van der Waals surface area contributed by atoms with Gasteiger partial charge in [0.1, 0.15) is 24.1 Å². The van der Waals surface area contributed by atoms with Gasteiger partial charge in [0, 0.05) is 17.7 Å². The quantitative estimate of drug-likeness (QED) is 0.119. The summed E-state index contributed by atoms with van der Waals surface area (Å²) < 4.78 is 36.0. The van der Waals surface area contributed by atoms with Crippen molar-refractivity contribution in [1.29, 1.82) is 0 Å². The number of phosphoric acid groups is 1. The summed E-state index contributed by atoms with van der Waals surface area (Å²) in [7, 11) is -4.36. The standard InChI is InChI=1S/C23H38N3O12PS2/c1-22(2,12-27)19(31)40-9-7-35-39(34,36-8-10-41-20(32)23(3,4)13-28)37-11-14-16(29)17(30)18(38-14)26-6-5-15(24)25-21(26)33/h5-6,14,16-18,27-30H,7-13H2,1-4H3,(H2,24,25,33)/t14-,16?,17-,18+/m1/s1. The number of phosphoric ester groups is 1. The number of carbonyl (C=O) groups excluding carboxylic acids is 2. The first kappa shape index (κ1) is 35.8. The van der Waals surface area contributed by atoms with Gasteiger partial charge in [-0.2, -0.15) is 4.98 Å². The number of nitrogens with two attached hydrogens (primary N) is 1. The Hall–Kier alpha value is -1.37. The molecule has 2 rings (SSSR count). The van der Waals surface area contributed by atoms with Gasteiger partial charge in [-0.3, -0.25) is 27.7 Å². The summed E-state index contributed by atoms with van der Waals surface area (Å²) in [6.45, 7) is 4.46. The van der Waals surface area contributed by atoms with Crippen LogP contribution in [0.25, 0.3) is 0 Å². The number of thioether (sulfide) groups is 2. The lowest BCUT2D eigenvalue weighted by Gasteiger charge is -2.22. The van der Waals surface area contributed by atoms with Crippen molar-refractivity contribution in [1.82, 2.24) is 9.55 Å². The van der Waals surface area contributed by atoms with Crippen LogP contribution in [-0.2, 0) is 32.5 Å². The van der Waals surface area contributed by atoms with E-state index in [9.17, 15) is 39.4 Å². The third-order valence-corrected chi connectivity index (χ3v) is 9.72. The van der Waals surface area contributed by atoms with Gasteiger partial charge in [0.25, 0.3) is 0 Å². The zero-order valence-corrected chi connectivity index (χ0v) is 25.7. The molecule has 6 N–H and O–H groups in total. The number of carbonyl (C=O) groups is 2. The molecule has 0 spiro atoms. The average molecular weight is 644 g/mol. The molecule has 18 heteroatoms. The molecule has 1 aliphatic heterocycles. The van der Waals surface area contributed by atoms with Gasteiger partial charge < -0.3 is 30.9 Å². The molecule has 41 heavy (non-hydrogen) atoms. The Kier molecular flexibility index (Phi) is 13.4. The maximum absolute atomic E-state index is 13.4. The van der Waals surface area contributed by atoms with Gasteiger partial charge >= 0.3 is 13.5 Å². The van der Waals surface area contributed by atoms with Crippen LogP contribution >= 0.6 is 31.3 Å². The molecule has 1 unspecified atom stereocenters. The van der Waals surface area contributed by atoms with E-state index in [0.29, 0.717) is 0 Å². The maximum Gasteiger partial charge on any atom is 0.474 e. The fraction of sp³-hybridized carbons (Fsp3) is 0.739. The van der Waals surface area contributed by atoms with Crippen molar-refractivity contribution in [3.05, 3.63) is 22.7 Å². The highest BCUT2D eigenvalue weighted by Crippen LogP contribution is 2.50. The summed E-state index contributed by atoms with van der Waals surface area (Å²) in [4.78, 5) is 40.1. The van der Waals surface area contributed by atoms with Crippen LogP contribution in [0.5, 0.6) is 0 Å². The van der Waals surface area contributed by atoms with Gasteiger partial charge in [-0.15, -0.1) is 0 Å². The lowest BCUT2D eigenvalue weighted by molar-refractivity contribution is -0.120. The number of hydrogen-bond donors (Lipinski definition) is 5. The highest BCUT2D eigenvalue weighted by Gasteiger charge is 2.45. The minimum absolute atomic E-state index is 0.0472. The summed E-state index contributed by atoms with van der Waals surface area (Å²) >= 11 is 1.71. The van der Waals surface area contributed by atoms with E-state index in [1.807, 2.05) is 0 Å². The molecule has 0 aromatic carbocycles. The minimum Gasteiger partial charge on any atom is -0.395 e. The largest absolute Gasteiger partial charge is 0.474 e. The first-order chi connectivity index (χ1) is 19.1. The zero-order valence-electron chi connectivity index (χ0n) is 23.2. The molecule has 1 fully saturated rings. The van der Waals surface area contributed by atoms with Gasteiger partial charge in [0.2, 0.25) is 0 Å². The molecule has 0 bridgehead atoms. The summed E-state index contributed by atoms with van der Waals surface area (Å²) in [5.74, 6) is 0.0506. The van der Waals surface area contributed by atoms with Crippen molar-refractivity contribution in [2.45, 2.75) is 52.2 Å². The van der Waals surface area contributed by atoms with Gasteiger partial charge in [0.15, 0.2) is 16.5 Å². The Balaban J connectivity index is 2.04. The predicted octanol–water partition coefficient (Wildman–Crippen LogP) is 0.159. The number of nitrogen functional groups attached to an aromatic ring is 1. The van der Waals surface area contributed by atoms with E-state index >= 15 is 0 Å². The molecule has 0 aliphatic carbocycles. The summed E-state index contributed by atoms with van der Waals surface area (Å²) in [5.41, 5.74) is 2.69. The lowest BCUT2D eigenvalue weighted by atomic mass is 9.97. The Bertz CT molecular complexity index is 1110. The van der Waals surface area contributed by atoms with Crippen LogP contribution in [0.15, 0.2) is 17.1 Å². The van der Waals surface area contributed by atoms with E-state index in [1.54, 1.807) is 27.7 Å².